The number of aromatic nitrogens is 5. The normalized spacial score (nSPS) is 15.1. The lowest BCUT2D eigenvalue weighted by Gasteiger charge is -2.23. The Hall–Kier alpha value is -5.75. The second-order valence-electron chi connectivity index (χ2n) is 20.0. The summed E-state index contributed by atoms with van der Waals surface area (Å²) in [6, 6.07) is 31.1. The number of benzene rings is 4. The first-order chi connectivity index (χ1) is 30.5. The minimum atomic E-state index is -1.85. The van der Waals surface area contributed by atoms with Crippen molar-refractivity contribution in [2.24, 2.45) is 16.2 Å². The summed E-state index contributed by atoms with van der Waals surface area (Å²) in [5, 5.41) is 2.17. The van der Waals surface area contributed by atoms with E-state index >= 15 is 0 Å². The van der Waals surface area contributed by atoms with Crippen molar-refractivity contribution < 1.29 is 17.5 Å². The van der Waals surface area contributed by atoms with Crippen LogP contribution < -0.4 is 9.30 Å². The van der Waals surface area contributed by atoms with Crippen LogP contribution in [0.4, 0.5) is 0 Å². The average Bonchev–Trinajstić information content (AvgIpc) is 3.78. The molecule has 4 aromatic carbocycles. The lowest BCUT2D eigenvalue weighted by atomic mass is 9.84. The first-order valence-electron chi connectivity index (χ1n) is 23.8. The van der Waals surface area contributed by atoms with Gasteiger partial charge in [0.1, 0.15) is 17.3 Å². The molecule has 0 unspecified atom stereocenters. The van der Waals surface area contributed by atoms with Gasteiger partial charge >= 0.3 is 0 Å². The Morgan fingerprint density at radius 1 is 0.617 bits per heavy atom. The molecule has 0 saturated carbocycles. The summed E-state index contributed by atoms with van der Waals surface area (Å²) < 4.78 is 68.2. The Morgan fingerprint density at radius 2 is 1.28 bits per heavy atom. The van der Waals surface area contributed by atoms with Crippen LogP contribution in [-0.4, -0.2) is 19.1 Å². The fraction of sp³-hybridized carbons (Fsp3) is 0.352. The maximum Gasteiger partial charge on any atom is 0.269 e. The van der Waals surface area contributed by atoms with E-state index in [2.05, 4.69) is 67.0 Å². The van der Waals surface area contributed by atoms with E-state index in [0.29, 0.717) is 50.6 Å². The quantitative estimate of drug-likeness (QED) is 0.114. The summed E-state index contributed by atoms with van der Waals surface area (Å²) >= 11 is 0. The molecule has 60 heavy (non-hydrogen) atoms. The van der Waals surface area contributed by atoms with Crippen LogP contribution in [0, 0.1) is 22.6 Å². The number of rotatable bonds is 8. The number of fused-ring (bicyclic) bond motifs is 4. The summed E-state index contributed by atoms with van der Waals surface area (Å²) in [4.78, 5) is 9.46. The predicted octanol–water partition coefficient (Wildman–Crippen LogP) is 13.5. The Balaban J connectivity index is 1.29. The van der Waals surface area contributed by atoms with Crippen LogP contribution in [0.3, 0.4) is 0 Å². The summed E-state index contributed by atoms with van der Waals surface area (Å²) in [7, 11) is 0. The molecular weight excluding hydrogens is 735 g/mol. The zero-order valence-electron chi connectivity index (χ0n) is 43.1. The first kappa shape index (κ1) is 34.0. The van der Waals surface area contributed by atoms with Crippen LogP contribution in [0.5, 0.6) is 11.5 Å². The van der Waals surface area contributed by atoms with Crippen molar-refractivity contribution in [1.29, 1.82) is 0 Å². The van der Waals surface area contributed by atoms with Crippen molar-refractivity contribution in [2.75, 3.05) is 0 Å². The monoisotopic (exact) mass is 802 g/mol. The SMILES string of the molecule is [2H]C([2H])(c1cc(-[n+]2[c-]n(-c3cncc(Oc4ccc5c6ccccc6n(-c6cc(C(C)(C)C)ccn6)c5c4)c3)c3ccc(C([2H])([2H])C(C)(C)C)cc32)cc(C([2H])([2H])C(C)(C)C)c1)C(C)(C)C. The Morgan fingerprint density at radius 3 is 1.97 bits per heavy atom. The van der Waals surface area contributed by atoms with Crippen molar-refractivity contribution in [3.05, 3.63) is 144 Å². The minimum absolute atomic E-state index is 0.0654. The molecule has 6 nitrogen and oxygen atoms in total. The van der Waals surface area contributed by atoms with Gasteiger partial charge in [-0.25, -0.2) is 4.98 Å². The van der Waals surface area contributed by atoms with Crippen molar-refractivity contribution in [1.82, 2.24) is 19.1 Å². The average molecular weight is 802 g/mol. The summed E-state index contributed by atoms with van der Waals surface area (Å²) in [5.41, 5.74) is 4.25. The molecule has 0 N–H and O–H groups in total. The van der Waals surface area contributed by atoms with Crippen molar-refractivity contribution in [3.63, 3.8) is 0 Å². The highest BCUT2D eigenvalue weighted by atomic mass is 16.5. The lowest BCUT2D eigenvalue weighted by molar-refractivity contribution is -0.572. The second kappa shape index (κ2) is 15.1. The molecule has 0 aliphatic rings. The van der Waals surface area contributed by atoms with Crippen molar-refractivity contribution in [2.45, 2.75) is 108 Å². The Bertz CT molecular complexity index is 3110. The Kier molecular flexibility index (Phi) is 8.54. The van der Waals surface area contributed by atoms with Crippen molar-refractivity contribution in [3.8, 4) is 28.7 Å². The van der Waals surface area contributed by atoms with Gasteiger partial charge in [-0.3, -0.25) is 18.7 Å². The zero-order valence-corrected chi connectivity index (χ0v) is 37.1. The summed E-state index contributed by atoms with van der Waals surface area (Å²) in [6.45, 7) is 23.2. The van der Waals surface area contributed by atoms with Gasteiger partial charge in [0.2, 0.25) is 0 Å². The first-order valence-corrected chi connectivity index (χ1v) is 20.8. The van der Waals surface area contributed by atoms with Crippen LogP contribution in [-0.2, 0) is 24.5 Å². The lowest BCUT2D eigenvalue weighted by Crippen LogP contribution is -2.30. The molecule has 0 spiro atoms. The largest absolute Gasteiger partial charge is 0.456 e. The van der Waals surface area contributed by atoms with Gasteiger partial charge < -0.3 is 4.74 Å². The minimum Gasteiger partial charge on any atom is -0.456 e. The van der Waals surface area contributed by atoms with Gasteiger partial charge in [-0.2, -0.15) is 0 Å². The molecule has 0 fully saturated rings. The van der Waals surface area contributed by atoms with Gasteiger partial charge in [-0.15, -0.1) is 0 Å². The van der Waals surface area contributed by atoms with E-state index in [9.17, 15) is 8.22 Å². The van der Waals surface area contributed by atoms with E-state index in [-0.39, 0.29) is 5.41 Å². The van der Waals surface area contributed by atoms with E-state index in [1.54, 1.807) is 41.2 Å². The number of ether oxygens (including phenoxy) is 1. The maximum atomic E-state index is 9.34. The number of hydrogen-bond acceptors (Lipinski definition) is 3. The second-order valence-corrected chi connectivity index (χ2v) is 20.0. The molecule has 0 radical (unpaired) electrons. The molecule has 0 aliphatic heterocycles. The van der Waals surface area contributed by atoms with Crippen LogP contribution in [0.25, 0.3) is 50.0 Å². The topological polar surface area (TPSA) is 48.8 Å². The van der Waals surface area contributed by atoms with Crippen LogP contribution in [0.15, 0.2) is 116 Å². The maximum absolute atomic E-state index is 9.34. The number of nitrogens with zero attached hydrogens (tertiary/aromatic N) is 5. The summed E-state index contributed by atoms with van der Waals surface area (Å²) in [5.74, 6) is 1.90. The molecule has 4 heterocycles. The number of pyridine rings is 2. The highest BCUT2D eigenvalue weighted by molar-refractivity contribution is 6.09. The third-order valence-electron chi connectivity index (χ3n) is 10.1. The van der Waals surface area contributed by atoms with Crippen molar-refractivity contribution >= 4 is 32.8 Å². The highest BCUT2D eigenvalue weighted by Gasteiger charge is 2.22. The van der Waals surface area contributed by atoms with Crippen LogP contribution in [0.1, 0.15) is 114 Å². The van der Waals surface area contributed by atoms with Gasteiger partial charge in [0.15, 0.2) is 0 Å². The van der Waals surface area contributed by atoms with Crippen LogP contribution in [0.2, 0.25) is 0 Å². The Labute approximate surface area is 365 Å². The fourth-order valence-corrected chi connectivity index (χ4v) is 7.74. The summed E-state index contributed by atoms with van der Waals surface area (Å²) in [6.07, 6.45) is 3.32. The molecule has 8 aromatic rings. The molecule has 0 amide bonds. The number of imidazole rings is 1. The van der Waals surface area contributed by atoms with Gasteiger partial charge in [0.05, 0.1) is 39.6 Å². The molecule has 0 aliphatic carbocycles. The highest BCUT2D eigenvalue weighted by Crippen LogP contribution is 2.36. The van der Waals surface area contributed by atoms with E-state index in [1.165, 1.54) is 5.56 Å². The van der Waals surface area contributed by atoms with E-state index in [1.807, 2.05) is 116 Å². The third-order valence-corrected chi connectivity index (χ3v) is 10.1. The molecule has 8 rings (SSSR count). The van der Waals surface area contributed by atoms with Gasteiger partial charge in [0.25, 0.3) is 6.33 Å². The van der Waals surface area contributed by atoms with Crippen LogP contribution >= 0.6 is 0 Å². The van der Waals surface area contributed by atoms with Gasteiger partial charge in [-0.1, -0.05) is 136 Å². The standard InChI is InChI=1S/C54H61N5O/c1-51(2,3)30-36-17-20-47-49(26-36)57(40-24-37(31-52(4,5)6)23-38(25-40)32-53(7,8)9)35-58(47)41-28-43(34-55-33-41)60-42-18-19-45-44-15-13-14-16-46(44)59(48(45)29-42)50-27-39(21-22-56-50)54(10,11)12/h13-29,33-34H,30-32H2,1-12H3/i30D2,31D2,32D2. The predicted molar refractivity (Wildman–Crippen MR) is 248 cm³/mol. The smallest absolute Gasteiger partial charge is 0.269 e. The van der Waals surface area contributed by atoms with E-state index < -0.39 is 35.4 Å². The zero-order chi connectivity index (χ0) is 48.2. The van der Waals surface area contributed by atoms with E-state index in [4.69, 9.17) is 9.72 Å². The third kappa shape index (κ3) is 8.89. The molecule has 0 atom stereocenters. The molecular formula is C54H61N5O. The number of hydrogen-bond donors (Lipinski definition) is 0. The van der Waals surface area contributed by atoms with E-state index in [0.717, 1.165) is 27.6 Å². The molecule has 6 heteroatoms. The molecule has 0 saturated heterocycles. The van der Waals surface area contributed by atoms with Gasteiger partial charge in [-0.05, 0) is 101 Å². The number of para-hydroxylation sites is 1. The molecule has 0 bridgehead atoms. The molecule has 4 aromatic heterocycles. The molecule has 308 valence electrons. The van der Waals surface area contributed by atoms with Gasteiger partial charge in [0, 0.05) is 37.5 Å². The fourth-order valence-electron chi connectivity index (χ4n) is 7.74.